The van der Waals surface area contributed by atoms with Crippen LogP contribution in [0.1, 0.15) is 30.0 Å². The molecule has 0 amide bonds. The van der Waals surface area contributed by atoms with E-state index >= 15 is 0 Å². The molecule has 2 aromatic heterocycles. The average Bonchev–Trinajstić information content (AvgIpc) is 3.44. The van der Waals surface area contributed by atoms with E-state index in [1.807, 2.05) is 12.3 Å². The summed E-state index contributed by atoms with van der Waals surface area (Å²) in [6, 6.07) is 10.6. The van der Waals surface area contributed by atoms with Crippen molar-refractivity contribution in [3.63, 3.8) is 0 Å². The normalized spacial score (nSPS) is 19.5. The summed E-state index contributed by atoms with van der Waals surface area (Å²) in [5.74, 6) is 2.33. The highest BCUT2D eigenvalue weighted by Gasteiger charge is 2.20. The van der Waals surface area contributed by atoms with Crippen LogP contribution in [0, 0.1) is 0 Å². The quantitative estimate of drug-likeness (QED) is 0.655. The number of rotatable bonds is 4. The second-order valence-corrected chi connectivity index (χ2v) is 7.46. The molecule has 1 unspecified atom stereocenters. The molecule has 1 saturated heterocycles. The molecular formula is C22H25N5O. The van der Waals surface area contributed by atoms with Crippen molar-refractivity contribution < 1.29 is 4.74 Å². The van der Waals surface area contributed by atoms with Crippen molar-refractivity contribution in [2.24, 2.45) is 4.99 Å². The van der Waals surface area contributed by atoms with Gasteiger partial charge in [-0.2, -0.15) is 0 Å². The van der Waals surface area contributed by atoms with E-state index in [1.54, 1.807) is 7.11 Å². The largest absolute Gasteiger partial charge is 0.496 e. The van der Waals surface area contributed by atoms with E-state index in [-0.39, 0.29) is 0 Å². The summed E-state index contributed by atoms with van der Waals surface area (Å²) < 4.78 is 5.69. The van der Waals surface area contributed by atoms with E-state index in [2.05, 4.69) is 49.9 Å². The maximum absolute atomic E-state index is 5.69. The summed E-state index contributed by atoms with van der Waals surface area (Å²) >= 11 is 0. The average molecular weight is 375 g/mol. The zero-order valence-electron chi connectivity index (χ0n) is 16.1. The Hall–Kier alpha value is -2.86. The number of hydrogen-bond acceptors (Lipinski definition) is 5. The Labute approximate surface area is 164 Å². The minimum Gasteiger partial charge on any atom is -0.496 e. The zero-order chi connectivity index (χ0) is 18.9. The number of aromatic nitrogens is 2. The number of aromatic amines is 1. The van der Waals surface area contributed by atoms with Crippen LogP contribution in [0.2, 0.25) is 0 Å². The van der Waals surface area contributed by atoms with Crippen molar-refractivity contribution in [3.05, 3.63) is 47.8 Å². The topological polar surface area (TPSA) is 74.3 Å². The van der Waals surface area contributed by atoms with Crippen LogP contribution in [0.4, 0.5) is 0 Å². The number of hydrogen-bond donors (Lipinski definition) is 3. The maximum atomic E-state index is 5.69. The van der Waals surface area contributed by atoms with Crippen LogP contribution in [0.15, 0.2) is 41.5 Å². The third-order valence-corrected chi connectivity index (χ3v) is 5.73. The van der Waals surface area contributed by atoms with E-state index in [9.17, 15) is 0 Å². The van der Waals surface area contributed by atoms with Crippen LogP contribution in [0.3, 0.4) is 0 Å². The number of fused-ring (bicyclic) bond motifs is 1. The molecule has 0 bridgehead atoms. The van der Waals surface area contributed by atoms with Gasteiger partial charge in [-0.25, -0.2) is 4.98 Å². The first-order chi connectivity index (χ1) is 13.8. The van der Waals surface area contributed by atoms with Gasteiger partial charge in [0.15, 0.2) is 0 Å². The summed E-state index contributed by atoms with van der Waals surface area (Å²) in [6.45, 7) is 3.86. The molecule has 144 valence electrons. The van der Waals surface area contributed by atoms with Crippen molar-refractivity contribution >= 4 is 16.9 Å². The molecule has 0 spiro atoms. The molecule has 1 atom stereocenters. The van der Waals surface area contributed by atoms with E-state index < -0.39 is 0 Å². The number of ether oxygens (including phenoxy) is 1. The van der Waals surface area contributed by atoms with Gasteiger partial charge in [0.2, 0.25) is 0 Å². The number of benzene rings is 1. The van der Waals surface area contributed by atoms with Gasteiger partial charge >= 0.3 is 0 Å². The molecule has 0 aliphatic carbocycles. The third kappa shape index (κ3) is 3.03. The molecular weight excluding hydrogens is 350 g/mol. The van der Waals surface area contributed by atoms with Gasteiger partial charge in [0, 0.05) is 47.4 Å². The van der Waals surface area contributed by atoms with Gasteiger partial charge < -0.3 is 20.4 Å². The van der Waals surface area contributed by atoms with Gasteiger partial charge in [0.05, 0.1) is 13.7 Å². The van der Waals surface area contributed by atoms with Crippen molar-refractivity contribution in [2.45, 2.75) is 18.8 Å². The Kier molecular flexibility index (Phi) is 4.49. The summed E-state index contributed by atoms with van der Waals surface area (Å²) in [7, 11) is 1.72. The van der Waals surface area contributed by atoms with Crippen LogP contribution in [0.25, 0.3) is 22.2 Å². The molecule has 2 aliphatic heterocycles. The van der Waals surface area contributed by atoms with E-state index in [1.165, 1.54) is 18.5 Å². The van der Waals surface area contributed by atoms with Gasteiger partial charge in [-0.1, -0.05) is 0 Å². The van der Waals surface area contributed by atoms with Gasteiger partial charge in [0.25, 0.3) is 0 Å². The summed E-state index contributed by atoms with van der Waals surface area (Å²) in [6.07, 6.45) is 4.29. The van der Waals surface area contributed by atoms with Crippen LogP contribution >= 0.6 is 0 Å². The summed E-state index contributed by atoms with van der Waals surface area (Å²) in [4.78, 5) is 12.7. The molecule has 2 aliphatic rings. The molecule has 4 heterocycles. The molecule has 3 N–H and O–H groups in total. The number of nitrogens with zero attached hydrogens (tertiary/aromatic N) is 2. The highest BCUT2D eigenvalue weighted by molar-refractivity contribution is 6.03. The number of amidine groups is 1. The maximum Gasteiger partial charge on any atom is 0.138 e. The van der Waals surface area contributed by atoms with Crippen molar-refractivity contribution in [1.82, 2.24) is 20.6 Å². The Bertz CT molecular complexity index is 1030. The molecule has 6 heteroatoms. The Balaban J connectivity index is 1.62. The molecule has 28 heavy (non-hydrogen) atoms. The van der Waals surface area contributed by atoms with E-state index in [4.69, 9.17) is 4.74 Å². The van der Waals surface area contributed by atoms with Crippen LogP contribution in [-0.4, -0.2) is 49.1 Å². The lowest BCUT2D eigenvalue weighted by atomic mass is 9.95. The first-order valence-electron chi connectivity index (χ1n) is 9.99. The molecule has 6 nitrogen and oxygen atoms in total. The molecule has 3 aromatic rings. The standard InChI is InChI=1S/C22H25N5O/c1-28-20-5-4-14(21-25-9-10-26-21)11-17(20)16-6-8-24-22-18(16)12-19(27-22)15-3-2-7-23-13-15/h4-6,8,11-12,15,23H,2-3,7,9-10,13H2,1H3,(H,24,27)(H,25,26). The predicted molar refractivity (Wildman–Crippen MR) is 112 cm³/mol. The molecule has 0 radical (unpaired) electrons. The lowest BCUT2D eigenvalue weighted by Crippen LogP contribution is -2.28. The Morgan fingerprint density at radius 1 is 1.11 bits per heavy atom. The zero-order valence-corrected chi connectivity index (χ0v) is 16.1. The monoisotopic (exact) mass is 375 g/mol. The highest BCUT2D eigenvalue weighted by Crippen LogP contribution is 2.37. The van der Waals surface area contributed by atoms with Gasteiger partial charge in [0.1, 0.15) is 17.2 Å². The minimum atomic E-state index is 0.515. The summed E-state index contributed by atoms with van der Waals surface area (Å²) in [5, 5.41) is 8.00. The first-order valence-corrected chi connectivity index (χ1v) is 9.99. The first kappa shape index (κ1) is 17.3. The highest BCUT2D eigenvalue weighted by atomic mass is 16.5. The van der Waals surface area contributed by atoms with Crippen molar-refractivity contribution in [1.29, 1.82) is 0 Å². The SMILES string of the molecule is COc1ccc(C2=NCCN2)cc1-c1ccnc2[nH]c(C3CCCNC3)cc12. The van der Waals surface area contributed by atoms with Gasteiger partial charge in [-0.3, -0.25) is 4.99 Å². The number of piperidine rings is 1. The van der Waals surface area contributed by atoms with Crippen molar-refractivity contribution in [2.75, 3.05) is 33.3 Å². The van der Waals surface area contributed by atoms with E-state index in [0.29, 0.717) is 5.92 Å². The smallest absolute Gasteiger partial charge is 0.138 e. The molecule has 0 saturated carbocycles. The molecule has 5 rings (SSSR count). The number of H-pyrrole nitrogens is 1. The van der Waals surface area contributed by atoms with Crippen LogP contribution < -0.4 is 15.4 Å². The lowest BCUT2D eigenvalue weighted by molar-refractivity contribution is 0.416. The van der Waals surface area contributed by atoms with Gasteiger partial charge in [-0.05, 0) is 55.3 Å². The fraction of sp³-hybridized carbons (Fsp3) is 0.364. The second-order valence-electron chi connectivity index (χ2n) is 7.46. The van der Waals surface area contributed by atoms with Crippen LogP contribution in [-0.2, 0) is 0 Å². The van der Waals surface area contributed by atoms with E-state index in [0.717, 1.165) is 65.5 Å². The van der Waals surface area contributed by atoms with Crippen molar-refractivity contribution in [3.8, 4) is 16.9 Å². The molecule has 1 fully saturated rings. The second kappa shape index (κ2) is 7.28. The number of nitrogens with one attached hydrogen (secondary N) is 3. The minimum absolute atomic E-state index is 0.515. The fourth-order valence-electron chi connectivity index (χ4n) is 4.28. The van der Waals surface area contributed by atoms with Crippen LogP contribution in [0.5, 0.6) is 5.75 Å². The molecule has 1 aromatic carbocycles. The fourth-order valence-corrected chi connectivity index (χ4v) is 4.28. The van der Waals surface area contributed by atoms with Gasteiger partial charge in [-0.15, -0.1) is 0 Å². The third-order valence-electron chi connectivity index (χ3n) is 5.73. The Morgan fingerprint density at radius 3 is 2.86 bits per heavy atom. The lowest BCUT2D eigenvalue weighted by Gasteiger charge is -2.21. The Morgan fingerprint density at radius 2 is 2.07 bits per heavy atom. The summed E-state index contributed by atoms with van der Waals surface area (Å²) in [5.41, 5.74) is 5.48. The number of pyridine rings is 1. The number of aliphatic imine (C=N–C) groups is 1. The predicted octanol–water partition coefficient (Wildman–Crippen LogP) is 3.06. The number of methoxy groups -OCH3 is 1.